The Morgan fingerprint density at radius 1 is 1.00 bits per heavy atom. The Hall–Kier alpha value is -3.87. The normalized spacial score (nSPS) is 15.5. The van der Waals surface area contributed by atoms with Crippen LogP contribution >= 0.6 is 0 Å². The van der Waals surface area contributed by atoms with Gasteiger partial charge in [0.1, 0.15) is 28.8 Å². The van der Waals surface area contributed by atoms with Crippen molar-refractivity contribution in [3.8, 4) is 11.5 Å². The first-order valence-electron chi connectivity index (χ1n) is 13.0. The van der Waals surface area contributed by atoms with Gasteiger partial charge in [0.05, 0.1) is 50.9 Å². The molecule has 2 heterocycles. The van der Waals surface area contributed by atoms with Crippen LogP contribution in [0.1, 0.15) is 44.5 Å². The second kappa shape index (κ2) is 11.9. The van der Waals surface area contributed by atoms with Crippen LogP contribution in [-0.2, 0) is 33.8 Å². The van der Waals surface area contributed by atoms with Crippen LogP contribution in [0.5, 0.6) is 11.5 Å². The van der Waals surface area contributed by atoms with Gasteiger partial charge in [0.2, 0.25) is 0 Å². The molecular formula is C29H35BFN3O7. The van der Waals surface area contributed by atoms with Gasteiger partial charge in [-0.15, -0.1) is 0 Å². The van der Waals surface area contributed by atoms with Crippen LogP contribution in [0.25, 0.3) is 0 Å². The minimum Gasteiger partial charge on any atom is -0.497 e. The first kappa shape index (κ1) is 30.1. The second-order valence-electron chi connectivity index (χ2n) is 10.7. The summed E-state index contributed by atoms with van der Waals surface area (Å²) in [4.78, 5) is 17.3. The average molecular weight is 567 g/mol. The average Bonchev–Trinajstić information content (AvgIpc) is 3.14. The van der Waals surface area contributed by atoms with Gasteiger partial charge in [-0.2, -0.15) is 0 Å². The minimum atomic E-state index is -1.23. The fourth-order valence-electron chi connectivity index (χ4n) is 4.35. The summed E-state index contributed by atoms with van der Waals surface area (Å²) in [6.45, 7) is 7.70. The van der Waals surface area contributed by atoms with Crippen LogP contribution in [0.4, 0.5) is 20.7 Å². The number of rotatable bonds is 10. The summed E-state index contributed by atoms with van der Waals surface area (Å²) in [6, 6.07) is 13.0. The van der Waals surface area contributed by atoms with Crippen molar-refractivity contribution in [1.29, 1.82) is 0 Å². The fraction of sp³-hybridized carbons (Fsp3) is 0.379. The van der Waals surface area contributed by atoms with E-state index < -0.39 is 30.2 Å². The van der Waals surface area contributed by atoms with Gasteiger partial charge in [0, 0.05) is 5.46 Å². The number of pyridine rings is 1. The standard InChI is InChI=1S/C29H35BFN3O7/c1-28(2)29(3,4)41-30(40-28)21-13-19(14-23(32)26(21)38-6)16-39-17-24-22(31)11-12-25(33-24)34(27(35)36)15-18-7-9-20(37-5)10-8-18/h7-14H,15-17,32H2,1-6H3,(H,35,36). The van der Waals surface area contributed by atoms with E-state index in [1.165, 1.54) is 19.2 Å². The molecule has 2 aromatic carbocycles. The van der Waals surface area contributed by atoms with Gasteiger partial charge >= 0.3 is 13.2 Å². The number of nitrogen functional groups attached to an aromatic ring is 1. The van der Waals surface area contributed by atoms with Crippen molar-refractivity contribution in [2.24, 2.45) is 0 Å². The van der Waals surface area contributed by atoms with Crippen molar-refractivity contribution >= 4 is 30.2 Å². The molecule has 41 heavy (non-hydrogen) atoms. The number of anilines is 2. The lowest BCUT2D eigenvalue weighted by atomic mass is 9.77. The Morgan fingerprint density at radius 3 is 2.24 bits per heavy atom. The molecule has 1 fully saturated rings. The van der Waals surface area contributed by atoms with Crippen LogP contribution in [-0.4, -0.2) is 48.7 Å². The molecule has 0 radical (unpaired) electrons. The number of hydrogen-bond donors (Lipinski definition) is 2. The van der Waals surface area contributed by atoms with Gasteiger partial charge < -0.3 is 34.4 Å². The first-order valence-corrected chi connectivity index (χ1v) is 13.0. The van der Waals surface area contributed by atoms with Crippen molar-refractivity contribution < 1.29 is 37.8 Å². The number of carboxylic acid groups (broad SMARTS) is 1. The van der Waals surface area contributed by atoms with Crippen molar-refractivity contribution in [1.82, 2.24) is 4.98 Å². The first-order chi connectivity index (χ1) is 19.3. The van der Waals surface area contributed by atoms with E-state index in [1.54, 1.807) is 37.4 Å². The maximum absolute atomic E-state index is 14.7. The highest BCUT2D eigenvalue weighted by molar-refractivity contribution is 6.63. The summed E-state index contributed by atoms with van der Waals surface area (Å²) < 4.78 is 43.5. The molecule has 3 N–H and O–H groups in total. The number of aromatic nitrogens is 1. The molecule has 1 aromatic heterocycles. The summed E-state index contributed by atoms with van der Waals surface area (Å²) >= 11 is 0. The Kier molecular flexibility index (Phi) is 8.76. The molecule has 218 valence electrons. The topological polar surface area (TPSA) is 126 Å². The maximum Gasteiger partial charge on any atom is 0.498 e. The van der Waals surface area contributed by atoms with Crippen LogP contribution < -0.4 is 25.6 Å². The van der Waals surface area contributed by atoms with E-state index in [2.05, 4.69) is 4.98 Å². The van der Waals surface area contributed by atoms with E-state index in [9.17, 15) is 14.3 Å². The number of amides is 1. The zero-order chi connectivity index (χ0) is 29.9. The predicted octanol–water partition coefficient (Wildman–Crippen LogP) is 4.52. The van der Waals surface area contributed by atoms with Crippen LogP contribution in [0.15, 0.2) is 48.5 Å². The lowest BCUT2D eigenvalue weighted by molar-refractivity contribution is 0.00578. The molecule has 0 saturated carbocycles. The summed E-state index contributed by atoms with van der Waals surface area (Å²) in [6.07, 6.45) is -1.23. The molecule has 1 aliphatic rings. The summed E-state index contributed by atoms with van der Waals surface area (Å²) in [5.41, 5.74) is 7.52. The van der Waals surface area contributed by atoms with Gasteiger partial charge in [-0.05, 0) is 69.2 Å². The number of benzene rings is 2. The molecule has 0 unspecified atom stereocenters. The Bertz CT molecular complexity index is 1390. The third kappa shape index (κ3) is 6.56. The van der Waals surface area contributed by atoms with Gasteiger partial charge in [0.15, 0.2) is 0 Å². The van der Waals surface area contributed by atoms with Crippen molar-refractivity contribution in [3.63, 3.8) is 0 Å². The number of nitrogens with zero attached hydrogens (tertiary/aromatic N) is 2. The van der Waals surface area contributed by atoms with Gasteiger partial charge in [-0.25, -0.2) is 14.2 Å². The van der Waals surface area contributed by atoms with Crippen molar-refractivity contribution in [2.75, 3.05) is 24.9 Å². The molecule has 4 rings (SSSR count). The number of hydrogen-bond acceptors (Lipinski definition) is 8. The maximum atomic E-state index is 14.7. The van der Waals surface area contributed by atoms with E-state index in [4.69, 9.17) is 29.3 Å². The van der Waals surface area contributed by atoms with Gasteiger partial charge in [-0.3, -0.25) is 4.90 Å². The molecule has 0 spiro atoms. The molecule has 10 nitrogen and oxygen atoms in total. The number of ether oxygens (including phenoxy) is 3. The third-order valence-electron chi connectivity index (χ3n) is 7.34. The van der Waals surface area contributed by atoms with E-state index in [0.29, 0.717) is 33.8 Å². The molecule has 0 atom stereocenters. The second-order valence-corrected chi connectivity index (χ2v) is 10.7. The van der Waals surface area contributed by atoms with Crippen molar-refractivity contribution in [3.05, 3.63) is 71.2 Å². The quantitative estimate of drug-likeness (QED) is 0.269. The Morgan fingerprint density at radius 2 is 1.66 bits per heavy atom. The highest BCUT2D eigenvalue weighted by Gasteiger charge is 2.52. The molecule has 0 bridgehead atoms. The minimum absolute atomic E-state index is 0.0189. The Labute approximate surface area is 239 Å². The van der Waals surface area contributed by atoms with E-state index in [-0.39, 0.29) is 31.3 Å². The smallest absolute Gasteiger partial charge is 0.497 e. The van der Waals surface area contributed by atoms with Gasteiger partial charge in [-0.1, -0.05) is 18.2 Å². The summed E-state index contributed by atoms with van der Waals surface area (Å²) in [7, 11) is 2.36. The predicted molar refractivity (Wildman–Crippen MR) is 153 cm³/mol. The van der Waals surface area contributed by atoms with E-state index >= 15 is 0 Å². The largest absolute Gasteiger partial charge is 0.498 e. The fourth-order valence-corrected chi connectivity index (χ4v) is 4.35. The molecule has 1 saturated heterocycles. The number of methoxy groups -OCH3 is 2. The molecular weight excluding hydrogens is 532 g/mol. The van der Waals surface area contributed by atoms with Crippen LogP contribution in [0.3, 0.4) is 0 Å². The lowest BCUT2D eigenvalue weighted by Gasteiger charge is -2.32. The molecule has 3 aromatic rings. The monoisotopic (exact) mass is 567 g/mol. The molecule has 1 aliphatic heterocycles. The van der Waals surface area contributed by atoms with E-state index in [1.807, 2.05) is 33.8 Å². The number of nitrogens with two attached hydrogens (primary N) is 1. The highest BCUT2D eigenvalue weighted by Crippen LogP contribution is 2.38. The third-order valence-corrected chi connectivity index (χ3v) is 7.34. The molecule has 12 heteroatoms. The lowest BCUT2D eigenvalue weighted by Crippen LogP contribution is -2.41. The van der Waals surface area contributed by atoms with E-state index in [0.717, 1.165) is 4.90 Å². The zero-order valence-electron chi connectivity index (χ0n) is 24.1. The van der Waals surface area contributed by atoms with Gasteiger partial charge in [0.25, 0.3) is 0 Å². The molecule has 1 amide bonds. The van der Waals surface area contributed by atoms with Crippen molar-refractivity contribution in [2.45, 2.75) is 58.7 Å². The zero-order valence-corrected chi connectivity index (χ0v) is 24.1. The number of halogens is 1. The molecule has 0 aliphatic carbocycles. The number of carbonyl (C=O) groups is 1. The van der Waals surface area contributed by atoms with Crippen LogP contribution in [0, 0.1) is 5.82 Å². The highest BCUT2D eigenvalue weighted by atomic mass is 19.1. The SMILES string of the molecule is COc1ccc(CN(C(=O)O)c2ccc(F)c(COCc3cc(N)c(OC)c(B4OC(C)(C)C(C)(C)O4)c3)n2)cc1. The Balaban J connectivity index is 1.49. The summed E-state index contributed by atoms with van der Waals surface area (Å²) in [5.74, 6) is 0.552. The summed E-state index contributed by atoms with van der Waals surface area (Å²) in [5, 5.41) is 9.82. The van der Waals surface area contributed by atoms with Crippen LogP contribution in [0.2, 0.25) is 0 Å².